The molecule has 0 radical (unpaired) electrons. The van der Waals surface area contributed by atoms with E-state index in [1.807, 2.05) is 0 Å². The van der Waals surface area contributed by atoms with Gasteiger partial charge in [-0.25, -0.2) is 0 Å². The number of hydrogen-bond acceptors (Lipinski definition) is 7. The van der Waals surface area contributed by atoms with E-state index >= 15 is 0 Å². The van der Waals surface area contributed by atoms with Crippen LogP contribution in [0, 0.1) is 0 Å². The van der Waals surface area contributed by atoms with E-state index in [-0.39, 0.29) is 13.2 Å². The van der Waals surface area contributed by atoms with Gasteiger partial charge >= 0.3 is 0 Å². The molecule has 1 saturated heterocycles. The van der Waals surface area contributed by atoms with Crippen molar-refractivity contribution in [3.8, 4) is 0 Å². The van der Waals surface area contributed by atoms with E-state index in [0.29, 0.717) is 0 Å². The average molecular weight is 324 g/mol. The molecule has 6 nitrogen and oxygen atoms in total. The van der Waals surface area contributed by atoms with Gasteiger partial charge in [0.25, 0.3) is 0 Å². The third-order valence-electron chi connectivity index (χ3n) is 3.68. The van der Waals surface area contributed by atoms with Crippen LogP contribution in [0.4, 0.5) is 0 Å². The topological polar surface area (TPSA) is 110 Å². The number of rotatable bonds is 10. The summed E-state index contributed by atoms with van der Waals surface area (Å²) in [5, 5.41) is 46.9. The van der Waals surface area contributed by atoms with Crippen molar-refractivity contribution in [1.29, 1.82) is 0 Å². The lowest BCUT2D eigenvalue weighted by molar-refractivity contribution is -0.205. The standard InChI is InChI=1S/C14H28O6S/c15-7-5-3-1-2-4-6-8-21-14-13(19)12(18)11(17)10(9-16)20-14/h10-19H,1-9H2/t10-,11-,12+,13-,14+/m1/s1. The van der Waals surface area contributed by atoms with E-state index < -0.39 is 29.9 Å². The summed E-state index contributed by atoms with van der Waals surface area (Å²) in [4.78, 5) is 0. The maximum Gasteiger partial charge on any atom is 0.132 e. The second-order valence-electron chi connectivity index (χ2n) is 5.41. The minimum Gasteiger partial charge on any atom is -0.396 e. The first-order valence-electron chi connectivity index (χ1n) is 7.64. The Hall–Kier alpha value is 0.110. The van der Waals surface area contributed by atoms with Gasteiger partial charge in [-0.15, -0.1) is 11.8 Å². The van der Waals surface area contributed by atoms with Crippen molar-refractivity contribution < 1.29 is 30.3 Å². The second kappa shape index (κ2) is 10.8. The zero-order valence-corrected chi connectivity index (χ0v) is 13.1. The summed E-state index contributed by atoms with van der Waals surface area (Å²) in [6, 6.07) is 0. The summed E-state index contributed by atoms with van der Waals surface area (Å²) in [5.74, 6) is 0.794. The van der Waals surface area contributed by atoms with Gasteiger partial charge in [0.1, 0.15) is 29.9 Å². The fourth-order valence-corrected chi connectivity index (χ4v) is 3.51. The molecule has 0 unspecified atom stereocenters. The molecule has 0 aromatic heterocycles. The van der Waals surface area contributed by atoms with Crippen LogP contribution in [-0.4, -0.2) is 74.4 Å². The van der Waals surface area contributed by atoms with Crippen molar-refractivity contribution in [3.63, 3.8) is 0 Å². The maximum absolute atomic E-state index is 9.86. The number of hydrogen-bond donors (Lipinski definition) is 5. The molecule has 1 aliphatic rings. The largest absolute Gasteiger partial charge is 0.396 e. The van der Waals surface area contributed by atoms with Crippen LogP contribution in [0.25, 0.3) is 0 Å². The SMILES string of the molecule is OCCCCCCCCS[C@@H]1O[C@H](CO)[C@@H](O)[C@H](O)[C@H]1O. The van der Waals surface area contributed by atoms with Gasteiger partial charge in [-0.2, -0.15) is 0 Å². The van der Waals surface area contributed by atoms with Gasteiger partial charge < -0.3 is 30.3 Å². The molecule has 126 valence electrons. The lowest BCUT2D eigenvalue weighted by atomic mass is 10.0. The highest BCUT2D eigenvalue weighted by Crippen LogP contribution is 2.29. The van der Waals surface area contributed by atoms with E-state index in [1.165, 1.54) is 11.8 Å². The lowest BCUT2D eigenvalue weighted by Crippen LogP contribution is -2.57. The van der Waals surface area contributed by atoms with Crippen molar-refractivity contribution in [2.45, 2.75) is 68.4 Å². The molecule has 0 aliphatic carbocycles. The Labute approximate surface area is 130 Å². The number of ether oxygens (including phenoxy) is 1. The van der Waals surface area contributed by atoms with E-state index in [2.05, 4.69) is 0 Å². The first-order valence-corrected chi connectivity index (χ1v) is 8.69. The second-order valence-corrected chi connectivity index (χ2v) is 6.62. The molecule has 5 atom stereocenters. The molecule has 5 N–H and O–H groups in total. The molecule has 1 rings (SSSR count). The summed E-state index contributed by atoms with van der Waals surface area (Å²) in [6.07, 6.45) is 1.68. The number of aliphatic hydroxyl groups is 5. The van der Waals surface area contributed by atoms with Crippen LogP contribution in [0.2, 0.25) is 0 Å². The lowest BCUT2D eigenvalue weighted by Gasteiger charge is -2.39. The Morgan fingerprint density at radius 3 is 2.00 bits per heavy atom. The average Bonchev–Trinajstić information content (AvgIpc) is 2.49. The minimum absolute atomic E-state index is 0.257. The van der Waals surface area contributed by atoms with Crippen molar-refractivity contribution in [1.82, 2.24) is 0 Å². The smallest absolute Gasteiger partial charge is 0.132 e. The van der Waals surface area contributed by atoms with Crippen LogP contribution >= 0.6 is 11.8 Å². The highest BCUT2D eigenvalue weighted by Gasteiger charge is 2.43. The Kier molecular flexibility index (Phi) is 9.83. The normalized spacial score (nSPS) is 33.3. The zero-order chi connectivity index (χ0) is 15.7. The zero-order valence-electron chi connectivity index (χ0n) is 12.3. The van der Waals surface area contributed by atoms with Crippen LogP contribution in [0.3, 0.4) is 0 Å². The number of unbranched alkanes of at least 4 members (excludes halogenated alkanes) is 5. The first kappa shape index (κ1) is 19.2. The molecule has 21 heavy (non-hydrogen) atoms. The Morgan fingerprint density at radius 1 is 0.762 bits per heavy atom. The summed E-state index contributed by atoms with van der Waals surface area (Å²) in [5.41, 5.74) is -0.616. The molecule has 0 amide bonds. The van der Waals surface area contributed by atoms with E-state index in [4.69, 9.17) is 14.9 Å². The third kappa shape index (κ3) is 6.40. The van der Waals surface area contributed by atoms with Crippen molar-refractivity contribution in [2.75, 3.05) is 19.0 Å². The van der Waals surface area contributed by atoms with Crippen LogP contribution in [-0.2, 0) is 4.74 Å². The molecular formula is C14H28O6S. The van der Waals surface area contributed by atoms with Crippen molar-refractivity contribution in [2.24, 2.45) is 0 Å². The Morgan fingerprint density at radius 2 is 1.38 bits per heavy atom. The van der Waals surface area contributed by atoms with E-state index in [9.17, 15) is 15.3 Å². The molecule has 0 bridgehead atoms. The molecule has 0 spiro atoms. The summed E-state index contributed by atoms with van der Waals surface area (Å²) < 4.78 is 5.42. The van der Waals surface area contributed by atoms with Crippen LogP contribution < -0.4 is 0 Å². The van der Waals surface area contributed by atoms with Crippen molar-refractivity contribution in [3.05, 3.63) is 0 Å². The highest BCUT2D eigenvalue weighted by molar-refractivity contribution is 7.99. The molecule has 7 heteroatoms. The molecule has 0 aromatic rings. The van der Waals surface area contributed by atoms with E-state index in [0.717, 1.165) is 44.3 Å². The molecule has 1 fully saturated rings. The van der Waals surface area contributed by atoms with Gasteiger partial charge in [0.2, 0.25) is 0 Å². The monoisotopic (exact) mass is 324 g/mol. The highest BCUT2D eigenvalue weighted by atomic mass is 32.2. The molecule has 0 saturated carbocycles. The van der Waals surface area contributed by atoms with Crippen molar-refractivity contribution >= 4 is 11.8 Å². The molecular weight excluding hydrogens is 296 g/mol. The predicted octanol–water partition coefficient (Wildman–Crippen LogP) is -0.148. The van der Waals surface area contributed by atoms with Gasteiger partial charge in [-0.1, -0.05) is 25.7 Å². The molecule has 1 aliphatic heterocycles. The van der Waals surface area contributed by atoms with Crippen LogP contribution in [0.15, 0.2) is 0 Å². The fraction of sp³-hybridized carbons (Fsp3) is 1.00. The Bertz CT molecular complexity index is 266. The Balaban J connectivity index is 2.16. The van der Waals surface area contributed by atoms with Gasteiger partial charge in [0.05, 0.1) is 6.61 Å². The quantitative estimate of drug-likeness (QED) is 0.356. The van der Waals surface area contributed by atoms with Gasteiger partial charge in [-0.05, 0) is 18.6 Å². The predicted molar refractivity (Wildman–Crippen MR) is 81.0 cm³/mol. The summed E-state index contributed by atoms with van der Waals surface area (Å²) >= 11 is 1.40. The minimum atomic E-state index is -1.29. The van der Waals surface area contributed by atoms with Crippen LogP contribution in [0.5, 0.6) is 0 Å². The third-order valence-corrected chi connectivity index (χ3v) is 4.93. The summed E-state index contributed by atoms with van der Waals surface area (Å²) in [6.45, 7) is -0.125. The summed E-state index contributed by atoms with van der Waals surface area (Å²) in [7, 11) is 0. The number of thioether (sulfide) groups is 1. The first-order chi connectivity index (χ1) is 10.1. The van der Waals surface area contributed by atoms with E-state index in [1.54, 1.807) is 0 Å². The number of aliphatic hydroxyl groups excluding tert-OH is 5. The van der Waals surface area contributed by atoms with Gasteiger partial charge in [-0.3, -0.25) is 0 Å². The van der Waals surface area contributed by atoms with Gasteiger partial charge in [0.15, 0.2) is 0 Å². The molecule has 1 heterocycles. The molecule has 0 aromatic carbocycles. The fourth-order valence-electron chi connectivity index (χ4n) is 2.33. The maximum atomic E-state index is 9.86. The van der Waals surface area contributed by atoms with Gasteiger partial charge in [0, 0.05) is 6.61 Å². The van der Waals surface area contributed by atoms with Crippen LogP contribution in [0.1, 0.15) is 38.5 Å².